The van der Waals surface area contributed by atoms with Gasteiger partial charge >= 0.3 is 0 Å². The maximum absolute atomic E-state index is 14.1. The van der Waals surface area contributed by atoms with Gasteiger partial charge in [-0.2, -0.15) is 0 Å². The summed E-state index contributed by atoms with van der Waals surface area (Å²) in [4.78, 5) is 44.7. The van der Waals surface area contributed by atoms with Crippen LogP contribution < -0.4 is 10.2 Å². The molecule has 2 N–H and O–H groups in total. The number of halogens is 1. The predicted octanol–water partition coefficient (Wildman–Crippen LogP) is 6.28. The van der Waals surface area contributed by atoms with Crippen molar-refractivity contribution in [3.8, 4) is 0 Å². The van der Waals surface area contributed by atoms with Crippen LogP contribution in [0, 0.1) is 5.82 Å². The number of carbonyl (C=O) groups excluding carboxylic acids is 3. The third-order valence-corrected chi connectivity index (χ3v) is 7.48. The number of ketones is 1. The van der Waals surface area contributed by atoms with Crippen LogP contribution in [0.4, 0.5) is 10.1 Å². The van der Waals surface area contributed by atoms with Gasteiger partial charge in [0.05, 0.1) is 6.42 Å². The Morgan fingerprint density at radius 3 is 2.33 bits per heavy atom. The highest BCUT2D eigenvalue weighted by atomic mass is 19.1. The first-order chi connectivity index (χ1) is 18.9. The Morgan fingerprint density at radius 1 is 0.949 bits per heavy atom. The van der Waals surface area contributed by atoms with E-state index >= 15 is 0 Å². The highest BCUT2D eigenvalue weighted by Crippen LogP contribution is 2.31. The van der Waals surface area contributed by atoms with Crippen LogP contribution in [-0.2, 0) is 16.0 Å². The van der Waals surface area contributed by atoms with E-state index in [9.17, 15) is 18.8 Å². The van der Waals surface area contributed by atoms with Crippen LogP contribution in [0.1, 0.15) is 66.6 Å². The molecule has 1 heterocycles. The molecule has 4 aromatic rings. The Balaban J connectivity index is 1.57. The van der Waals surface area contributed by atoms with Crippen molar-refractivity contribution >= 4 is 34.2 Å². The lowest BCUT2D eigenvalue weighted by Gasteiger charge is -2.33. The second kappa shape index (κ2) is 11.6. The third kappa shape index (κ3) is 5.93. The SMILES string of the molecule is CC(=O)c1ccc(N(C(=O)Cc2c[nH]c3ccccc23)C(C(=O)NC2CCCCC2)c2ccc(F)cc2)cc1. The molecule has 1 aromatic heterocycles. The largest absolute Gasteiger partial charge is 0.361 e. The molecule has 1 aliphatic carbocycles. The van der Waals surface area contributed by atoms with Crippen molar-refractivity contribution in [3.63, 3.8) is 0 Å². The lowest BCUT2D eigenvalue weighted by molar-refractivity contribution is -0.127. The number of rotatable bonds is 8. The van der Waals surface area contributed by atoms with E-state index in [4.69, 9.17) is 0 Å². The Labute approximate surface area is 227 Å². The molecule has 1 unspecified atom stereocenters. The van der Waals surface area contributed by atoms with E-state index in [1.165, 1.54) is 24.0 Å². The van der Waals surface area contributed by atoms with Gasteiger partial charge < -0.3 is 10.3 Å². The summed E-state index contributed by atoms with van der Waals surface area (Å²) in [6.07, 6.45) is 6.87. The molecule has 1 aliphatic rings. The molecular weight excluding hydrogens is 493 g/mol. The van der Waals surface area contributed by atoms with Gasteiger partial charge in [-0.1, -0.05) is 49.6 Å². The summed E-state index contributed by atoms with van der Waals surface area (Å²) in [5, 5.41) is 4.10. The fraction of sp³-hybridized carbons (Fsp3) is 0.281. The molecule has 1 fully saturated rings. The van der Waals surface area contributed by atoms with Gasteiger partial charge in [-0.3, -0.25) is 19.3 Å². The molecule has 0 aliphatic heterocycles. The number of nitrogens with one attached hydrogen (secondary N) is 2. The van der Waals surface area contributed by atoms with Gasteiger partial charge in [-0.15, -0.1) is 0 Å². The second-order valence-electron chi connectivity index (χ2n) is 10.2. The standard InChI is InChI=1S/C32H32FN3O3/c1-21(37)22-13-17-27(18-14-22)36(30(38)19-24-20-34-29-10-6-5-9-28(24)29)31(23-11-15-25(33)16-12-23)32(39)35-26-7-3-2-4-8-26/h5-6,9-18,20,26,31,34H,2-4,7-8,19H2,1H3,(H,35,39). The molecule has 1 saturated carbocycles. The van der Waals surface area contributed by atoms with Crippen LogP contribution >= 0.6 is 0 Å². The molecule has 0 bridgehead atoms. The van der Waals surface area contributed by atoms with E-state index in [0.29, 0.717) is 16.8 Å². The molecule has 39 heavy (non-hydrogen) atoms. The van der Waals surface area contributed by atoms with Crippen molar-refractivity contribution in [1.29, 1.82) is 0 Å². The van der Waals surface area contributed by atoms with Crippen LogP contribution in [0.25, 0.3) is 10.9 Å². The molecule has 2 amide bonds. The van der Waals surface area contributed by atoms with E-state index in [-0.39, 0.29) is 30.1 Å². The number of benzene rings is 3. The lowest BCUT2D eigenvalue weighted by atomic mass is 9.94. The Morgan fingerprint density at radius 2 is 1.64 bits per heavy atom. The average Bonchev–Trinajstić information content (AvgIpc) is 3.35. The van der Waals surface area contributed by atoms with E-state index in [0.717, 1.165) is 48.6 Å². The minimum absolute atomic E-state index is 0.0276. The number of hydrogen-bond acceptors (Lipinski definition) is 3. The monoisotopic (exact) mass is 525 g/mol. The number of hydrogen-bond donors (Lipinski definition) is 2. The summed E-state index contributed by atoms with van der Waals surface area (Å²) in [6.45, 7) is 1.48. The third-order valence-electron chi connectivity index (χ3n) is 7.48. The molecule has 1 atom stereocenters. The number of aromatic amines is 1. The van der Waals surface area contributed by atoms with Gasteiger partial charge in [0.2, 0.25) is 11.8 Å². The zero-order valence-corrected chi connectivity index (χ0v) is 22.0. The number of carbonyl (C=O) groups is 3. The fourth-order valence-electron chi connectivity index (χ4n) is 5.41. The van der Waals surface area contributed by atoms with E-state index in [2.05, 4.69) is 10.3 Å². The second-order valence-corrected chi connectivity index (χ2v) is 10.2. The van der Waals surface area contributed by atoms with Crippen LogP contribution in [0.2, 0.25) is 0 Å². The van der Waals surface area contributed by atoms with Crippen molar-refractivity contribution in [2.45, 2.75) is 57.5 Å². The molecule has 5 rings (SSSR count). The average molecular weight is 526 g/mol. The molecule has 200 valence electrons. The highest BCUT2D eigenvalue weighted by molar-refractivity contribution is 6.04. The van der Waals surface area contributed by atoms with E-state index in [1.807, 2.05) is 30.5 Å². The first kappa shape index (κ1) is 26.4. The molecule has 0 saturated heterocycles. The molecule has 7 heteroatoms. The van der Waals surface area contributed by atoms with Crippen LogP contribution in [-0.4, -0.2) is 28.6 Å². The van der Waals surface area contributed by atoms with E-state index in [1.54, 1.807) is 36.4 Å². The highest BCUT2D eigenvalue weighted by Gasteiger charge is 2.34. The quantitative estimate of drug-likeness (QED) is 0.266. The van der Waals surface area contributed by atoms with Gasteiger partial charge in [-0.05, 0) is 73.4 Å². The first-order valence-corrected chi connectivity index (χ1v) is 13.4. The fourth-order valence-corrected chi connectivity index (χ4v) is 5.41. The number of anilines is 1. The number of para-hydroxylation sites is 1. The Kier molecular flexibility index (Phi) is 7.87. The number of amides is 2. The van der Waals surface area contributed by atoms with Gasteiger partial charge in [0.25, 0.3) is 0 Å². The van der Waals surface area contributed by atoms with Crippen molar-refractivity contribution in [2.75, 3.05) is 4.90 Å². The number of Topliss-reactive ketones (excluding diaryl/α,β-unsaturated/α-hetero) is 1. The van der Waals surface area contributed by atoms with Crippen molar-refractivity contribution in [1.82, 2.24) is 10.3 Å². The first-order valence-electron chi connectivity index (χ1n) is 13.4. The summed E-state index contributed by atoms with van der Waals surface area (Å²) in [5.41, 5.74) is 3.23. The summed E-state index contributed by atoms with van der Waals surface area (Å²) in [6, 6.07) is 19.1. The minimum atomic E-state index is -1.02. The molecule has 0 radical (unpaired) electrons. The Bertz CT molecular complexity index is 1470. The topological polar surface area (TPSA) is 82.3 Å². The zero-order chi connectivity index (χ0) is 27.4. The number of fused-ring (bicyclic) bond motifs is 1. The summed E-state index contributed by atoms with van der Waals surface area (Å²) in [5.74, 6) is -1.11. The molecule has 3 aromatic carbocycles. The van der Waals surface area contributed by atoms with Gasteiger partial charge in [-0.25, -0.2) is 4.39 Å². The van der Waals surface area contributed by atoms with Crippen molar-refractivity contribution in [3.05, 3.63) is 102 Å². The van der Waals surface area contributed by atoms with Crippen LogP contribution in [0.3, 0.4) is 0 Å². The number of H-pyrrole nitrogens is 1. The summed E-state index contributed by atoms with van der Waals surface area (Å²) >= 11 is 0. The lowest BCUT2D eigenvalue weighted by Crippen LogP contribution is -2.47. The van der Waals surface area contributed by atoms with Crippen molar-refractivity contribution in [2.24, 2.45) is 0 Å². The maximum Gasteiger partial charge on any atom is 0.248 e. The molecule has 0 spiro atoms. The Hall–Kier alpha value is -4.26. The van der Waals surface area contributed by atoms with Gasteiger partial charge in [0.1, 0.15) is 11.9 Å². The predicted molar refractivity (Wildman–Crippen MR) is 150 cm³/mol. The normalized spacial score (nSPS) is 14.6. The summed E-state index contributed by atoms with van der Waals surface area (Å²) < 4.78 is 13.9. The van der Waals surface area contributed by atoms with Crippen LogP contribution in [0.15, 0.2) is 79.0 Å². The molecule has 6 nitrogen and oxygen atoms in total. The number of nitrogens with zero attached hydrogens (tertiary/aromatic N) is 1. The summed E-state index contributed by atoms with van der Waals surface area (Å²) in [7, 11) is 0. The van der Waals surface area contributed by atoms with Gasteiger partial charge in [0, 0.05) is 34.4 Å². The minimum Gasteiger partial charge on any atom is -0.361 e. The maximum atomic E-state index is 14.1. The smallest absolute Gasteiger partial charge is 0.248 e. The van der Waals surface area contributed by atoms with E-state index < -0.39 is 11.9 Å². The number of aromatic nitrogens is 1. The van der Waals surface area contributed by atoms with Crippen LogP contribution in [0.5, 0.6) is 0 Å². The van der Waals surface area contributed by atoms with Crippen molar-refractivity contribution < 1.29 is 18.8 Å². The van der Waals surface area contributed by atoms with Gasteiger partial charge in [0.15, 0.2) is 5.78 Å². The molecular formula is C32H32FN3O3. The zero-order valence-electron chi connectivity index (χ0n) is 22.0.